The van der Waals surface area contributed by atoms with Crippen molar-refractivity contribution in [2.24, 2.45) is 0 Å². The summed E-state index contributed by atoms with van der Waals surface area (Å²) in [5.41, 5.74) is -1.13. The normalized spacial score (nSPS) is 13.1. The van der Waals surface area contributed by atoms with Crippen LogP contribution in [0, 0.1) is 0 Å². The van der Waals surface area contributed by atoms with Gasteiger partial charge in [-0.15, -0.1) is 0 Å². The molecule has 1 rings (SSSR count). The maximum absolute atomic E-state index is 12.4. The molecular weight excluding hydrogens is 309 g/mol. The van der Waals surface area contributed by atoms with Crippen LogP contribution in [0.25, 0.3) is 0 Å². The third-order valence-electron chi connectivity index (χ3n) is 2.59. The molecule has 0 atom stereocenters. The molecule has 0 saturated heterocycles. The molecule has 0 N–H and O–H groups in total. The number of hydrogen-bond donors (Lipinski definition) is 0. The molecule has 120 valence electrons. The van der Waals surface area contributed by atoms with Crippen molar-refractivity contribution in [1.29, 1.82) is 0 Å². The van der Waals surface area contributed by atoms with E-state index in [0.29, 0.717) is 12.3 Å². The largest absolute Gasteiger partial charge is 0.433 e. The number of aromatic nitrogens is 1. The molecule has 1 heterocycles. The smallest absolute Gasteiger partial charge is 0.377 e. The second kappa shape index (κ2) is 6.71. The van der Waals surface area contributed by atoms with Crippen LogP contribution in [0.3, 0.4) is 0 Å². The van der Waals surface area contributed by atoms with E-state index < -0.39 is 21.9 Å². The summed E-state index contributed by atoms with van der Waals surface area (Å²) < 4.78 is 67.6. The molecule has 1 aromatic heterocycles. The molecule has 0 aliphatic heterocycles. The fourth-order valence-corrected chi connectivity index (χ4v) is 2.52. The lowest BCUT2D eigenvalue weighted by Crippen LogP contribution is -2.31. The highest BCUT2D eigenvalue weighted by Gasteiger charge is 2.33. The average Bonchev–Trinajstić information content (AvgIpc) is 2.37. The van der Waals surface area contributed by atoms with E-state index in [1.54, 1.807) is 0 Å². The Morgan fingerprint density at radius 1 is 1.33 bits per heavy atom. The molecule has 0 unspecified atom stereocenters. The lowest BCUT2D eigenvalue weighted by Gasteiger charge is -2.18. The Bertz CT molecular complexity index is 556. The van der Waals surface area contributed by atoms with Crippen LogP contribution in [0.5, 0.6) is 0 Å². The molecule has 0 aliphatic carbocycles. The summed E-state index contributed by atoms with van der Waals surface area (Å²) in [6, 6.07) is 1.54. The number of hydrogen-bond acceptors (Lipinski definition) is 4. The average molecular weight is 326 g/mol. The van der Waals surface area contributed by atoms with Crippen molar-refractivity contribution in [3.05, 3.63) is 24.0 Å². The zero-order chi connectivity index (χ0) is 16.3. The molecule has 0 saturated carbocycles. The first-order chi connectivity index (χ1) is 9.55. The molecule has 21 heavy (non-hydrogen) atoms. The van der Waals surface area contributed by atoms with Gasteiger partial charge in [0, 0.05) is 19.8 Å². The summed E-state index contributed by atoms with van der Waals surface area (Å²) in [7, 11) is -2.55. The monoisotopic (exact) mass is 326 g/mol. The van der Waals surface area contributed by atoms with Crippen LogP contribution < -0.4 is 0 Å². The lowest BCUT2D eigenvalue weighted by atomic mass is 10.3. The van der Waals surface area contributed by atoms with Gasteiger partial charge in [-0.2, -0.15) is 17.5 Å². The van der Waals surface area contributed by atoms with E-state index in [0.717, 1.165) is 10.4 Å². The second-order valence-corrected chi connectivity index (χ2v) is 6.67. The van der Waals surface area contributed by atoms with Gasteiger partial charge in [0.05, 0.1) is 12.7 Å². The summed E-state index contributed by atoms with van der Waals surface area (Å²) >= 11 is 0. The van der Waals surface area contributed by atoms with Gasteiger partial charge in [-0.1, -0.05) is 0 Å². The summed E-state index contributed by atoms with van der Waals surface area (Å²) in [4.78, 5) is 2.86. The Morgan fingerprint density at radius 2 is 1.95 bits per heavy atom. The van der Waals surface area contributed by atoms with Gasteiger partial charge in [0.15, 0.2) is 0 Å². The van der Waals surface area contributed by atoms with Crippen LogP contribution in [0.1, 0.15) is 19.5 Å². The lowest BCUT2D eigenvalue weighted by molar-refractivity contribution is -0.141. The van der Waals surface area contributed by atoms with Gasteiger partial charge >= 0.3 is 6.18 Å². The summed E-state index contributed by atoms with van der Waals surface area (Å²) in [5, 5.41) is 0. The van der Waals surface area contributed by atoms with Crippen molar-refractivity contribution < 1.29 is 26.3 Å². The SMILES string of the molecule is CC(C)OCCN(C)S(=O)(=O)c1ccc(C(F)(F)F)nc1. The minimum absolute atomic E-state index is 0.0335. The number of ether oxygens (including phenoxy) is 1. The summed E-state index contributed by atoms with van der Waals surface area (Å²) in [6.07, 6.45) is -3.93. The van der Waals surface area contributed by atoms with Crippen LogP contribution in [-0.2, 0) is 20.9 Å². The van der Waals surface area contributed by atoms with E-state index in [1.165, 1.54) is 7.05 Å². The van der Waals surface area contributed by atoms with Gasteiger partial charge in [0.1, 0.15) is 10.6 Å². The molecule has 0 spiro atoms. The number of pyridine rings is 1. The Morgan fingerprint density at radius 3 is 2.38 bits per heavy atom. The molecular formula is C12H17F3N2O3S. The number of sulfonamides is 1. The number of likely N-dealkylation sites (N-methyl/N-ethyl adjacent to an activating group) is 1. The zero-order valence-electron chi connectivity index (χ0n) is 11.9. The maximum atomic E-state index is 12.4. The summed E-state index contributed by atoms with van der Waals surface area (Å²) in [5.74, 6) is 0. The standard InChI is InChI=1S/C12H17F3N2O3S/c1-9(2)20-7-6-17(3)21(18,19)10-4-5-11(16-8-10)12(13,14)15/h4-5,8-9H,6-7H2,1-3H3. The zero-order valence-corrected chi connectivity index (χ0v) is 12.7. The van der Waals surface area contributed by atoms with E-state index in [2.05, 4.69) is 4.98 Å². The predicted octanol–water partition coefficient (Wildman–Crippen LogP) is 2.15. The number of halogens is 3. The van der Waals surface area contributed by atoms with E-state index in [-0.39, 0.29) is 24.2 Å². The highest BCUT2D eigenvalue weighted by atomic mass is 32.2. The predicted molar refractivity (Wildman–Crippen MR) is 70.1 cm³/mol. The van der Waals surface area contributed by atoms with E-state index in [4.69, 9.17) is 4.74 Å². The third-order valence-corrected chi connectivity index (χ3v) is 4.43. The Balaban J connectivity index is 2.83. The van der Waals surface area contributed by atoms with Crippen molar-refractivity contribution in [2.75, 3.05) is 20.2 Å². The molecule has 5 nitrogen and oxygen atoms in total. The molecule has 9 heteroatoms. The van der Waals surface area contributed by atoms with Crippen LogP contribution in [0.15, 0.2) is 23.2 Å². The Labute approximate surface area is 121 Å². The minimum Gasteiger partial charge on any atom is -0.377 e. The van der Waals surface area contributed by atoms with Gasteiger partial charge in [-0.05, 0) is 26.0 Å². The van der Waals surface area contributed by atoms with E-state index >= 15 is 0 Å². The van der Waals surface area contributed by atoms with Crippen molar-refractivity contribution in [3.63, 3.8) is 0 Å². The van der Waals surface area contributed by atoms with Gasteiger partial charge in [0.2, 0.25) is 10.0 Å². The molecule has 0 amide bonds. The van der Waals surface area contributed by atoms with E-state index in [1.807, 2.05) is 13.8 Å². The van der Waals surface area contributed by atoms with Crippen molar-refractivity contribution in [1.82, 2.24) is 9.29 Å². The fourth-order valence-electron chi connectivity index (χ4n) is 1.42. The second-order valence-electron chi connectivity index (χ2n) is 4.62. The first kappa shape index (κ1) is 17.9. The van der Waals surface area contributed by atoms with Gasteiger partial charge in [0.25, 0.3) is 0 Å². The molecule has 0 fully saturated rings. The van der Waals surface area contributed by atoms with Gasteiger partial charge < -0.3 is 4.74 Å². The molecule has 0 aliphatic rings. The maximum Gasteiger partial charge on any atom is 0.433 e. The molecule has 0 aromatic carbocycles. The molecule has 0 radical (unpaired) electrons. The van der Waals surface area contributed by atoms with Crippen LogP contribution in [-0.4, -0.2) is 44.0 Å². The molecule has 1 aromatic rings. The van der Waals surface area contributed by atoms with E-state index in [9.17, 15) is 21.6 Å². The summed E-state index contributed by atoms with van der Waals surface area (Å²) in [6.45, 7) is 3.92. The van der Waals surface area contributed by atoms with Crippen LogP contribution in [0.2, 0.25) is 0 Å². The topological polar surface area (TPSA) is 59.5 Å². The molecule has 0 bridgehead atoms. The Kier molecular flexibility index (Phi) is 5.71. The highest BCUT2D eigenvalue weighted by molar-refractivity contribution is 7.89. The first-order valence-electron chi connectivity index (χ1n) is 6.16. The van der Waals surface area contributed by atoms with Gasteiger partial charge in [-0.3, -0.25) is 4.98 Å². The fraction of sp³-hybridized carbons (Fsp3) is 0.583. The van der Waals surface area contributed by atoms with Gasteiger partial charge in [-0.25, -0.2) is 8.42 Å². The van der Waals surface area contributed by atoms with Crippen molar-refractivity contribution >= 4 is 10.0 Å². The van der Waals surface area contributed by atoms with Crippen LogP contribution in [0.4, 0.5) is 13.2 Å². The number of rotatable bonds is 6. The minimum atomic E-state index is -4.60. The third kappa shape index (κ3) is 4.94. The highest BCUT2D eigenvalue weighted by Crippen LogP contribution is 2.28. The Hall–Kier alpha value is -1.19. The van der Waals surface area contributed by atoms with Crippen LogP contribution >= 0.6 is 0 Å². The van der Waals surface area contributed by atoms with Crippen molar-refractivity contribution in [2.45, 2.75) is 31.0 Å². The number of nitrogens with zero attached hydrogens (tertiary/aromatic N) is 2. The van der Waals surface area contributed by atoms with Crippen molar-refractivity contribution in [3.8, 4) is 0 Å². The number of alkyl halides is 3. The first-order valence-corrected chi connectivity index (χ1v) is 7.60. The quantitative estimate of drug-likeness (QED) is 0.804.